The van der Waals surface area contributed by atoms with Crippen molar-refractivity contribution in [2.75, 3.05) is 19.8 Å². The van der Waals surface area contributed by atoms with Gasteiger partial charge < -0.3 is 15.3 Å². The van der Waals surface area contributed by atoms with Crippen molar-refractivity contribution in [3.05, 3.63) is 32.2 Å². The van der Waals surface area contributed by atoms with Gasteiger partial charge in [0.1, 0.15) is 0 Å². The number of aldehydes is 2. The summed E-state index contributed by atoms with van der Waals surface area (Å²) in [5.74, 6) is 0. The molecule has 0 heterocycles. The van der Waals surface area contributed by atoms with Crippen LogP contribution in [-0.4, -0.2) is 47.7 Å². The van der Waals surface area contributed by atoms with Gasteiger partial charge in [-0.15, -0.1) is 0 Å². The van der Waals surface area contributed by atoms with E-state index in [1.165, 1.54) is 6.07 Å². The van der Waals surface area contributed by atoms with E-state index in [2.05, 4.69) is 31.9 Å². The second kappa shape index (κ2) is 10.2. The molecule has 0 aliphatic carbocycles. The molecule has 0 bridgehead atoms. The van der Waals surface area contributed by atoms with Gasteiger partial charge >= 0.3 is 0 Å². The topological polar surface area (TPSA) is 94.8 Å². The summed E-state index contributed by atoms with van der Waals surface area (Å²) in [7, 11) is 0. The molecule has 0 spiro atoms. The van der Waals surface area contributed by atoms with Crippen molar-refractivity contribution in [1.29, 1.82) is 0 Å². The minimum atomic E-state index is -0.667. The summed E-state index contributed by atoms with van der Waals surface area (Å²) in [5.41, 5.74) is 0.278. The highest BCUT2D eigenvalue weighted by molar-refractivity contribution is 9.11. The molecule has 0 saturated carbocycles. The van der Waals surface area contributed by atoms with Crippen LogP contribution in [0.15, 0.2) is 21.1 Å². The Bertz CT molecular complexity index is 426. The molecule has 0 saturated heterocycles. The monoisotopic (exact) mass is 424 g/mol. The normalized spacial score (nSPS) is 10.6. The molecular weight excluding hydrogens is 408 g/mol. The maximum absolute atomic E-state index is 10.4. The van der Waals surface area contributed by atoms with E-state index in [-0.39, 0.29) is 19.8 Å². The molecule has 0 amide bonds. The Labute approximate surface area is 140 Å². The average Bonchev–Trinajstić information content (AvgIpc) is 2.51. The van der Waals surface area contributed by atoms with Crippen LogP contribution in [0.5, 0.6) is 0 Å². The lowest BCUT2D eigenvalue weighted by Gasteiger charge is -2.24. The lowest BCUT2D eigenvalue weighted by Crippen LogP contribution is -2.32. The number of hydrogen-bond acceptors (Lipinski definition) is 5. The van der Waals surface area contributed by atoms with Crippen LogP contribution in [0.1, 0.15) is 34.1 Å². The van der Waals surface area contributed by atoms with Crippen LogP contribution < -0.4 is 0 Å². The molecular formula is C14H18Br2O5. The number of carbonyl (C=O) groups excluding carboxylic acids is 2. The van der Waals surface area contributed by atoms with E-state index >= 15 is 0 Å². The Balaban J connectivity index is 0.000000400. The van der Waals surface area contributed by atoms with Crippen molar-refractivity contribution in [3.8, 4) is 0 Å². The van der Waals surface area contributed by atoms with Crippen molar-refractivity contribution in [2.24, 2.45) is 5.41 Å². The highest BCUT2D eigenvalue weighted by Crippen LogP contribution is 2.24. The number of rotatable bonds is 6. The molecule has 21 heavy (non-hydrogen) atoms. The Morgan fingerprint density at radius 2 is 1.33 bits per heavy atom. The van der Waals surface area contributed by atoms with Crippen molar-refractivity contribution < 1.29 is 24.9 Å². The van der Waals surface area contributed by atoms with E-state index in [1.54, 1.807) is 6.07 Å². The Morgan fingerprint density at radius 1 is 0.952 bits per heavy atom. The van der Waals surface area contributed by atoms with Crippen LogP contribution in [-0.2, 0) is 0 Å². The third-order valence-corrected chi connectivity index (χ3v) is 4.50. The molecule has 0 aliphatic heterocycles. The molecule has 1 rings (SSSR count). The van der Waals surface area contributed by atoms with Gasteiger partial charge in [-0.05, 0) is 18.6 Å². The molecule has 0 unspecified atom stereocenters. The van der Waals surface area contributed by atoms with E-state index in [0.29, 0.717) is 39.1 Å². The van der Waals surface area contributed by atoms with Gasteiger partial charge in [0.25, 0.3) is 0 Å². The Hall–Kier alpha value is -0.600. The van der Waals surface area contributed by atoms with Gasteiger partial charge in [-0.2, -0.15) is 0 Å². The smallest absolute Gasteiger partial charge is 0.151 e. The first-order valence-corrected chi connectivity index (χ1v) is 7.74. The summed E-state index contributed by atoms with van der Waals surface area (Å²) in [6.45, 7) is 1.35. The molecule has 118 valence electrons. The van der Waals surface area contributed by atoms with Crippen molar-refractivity contribution >= 4 is 44.4 Å². The van der Waals surface area contributed by atoms with E-state index < -0.39 is 5.41 Å². The molecule has 1 aromatic carbocycles. The van der Waals surface area contributed by atoms with E-state index in [0.717, 1.165) is 0 Å². The van der Waals surface area contributed by atoms with Gasteiger partial charge in [0.15, 0.2) is 12.6 Å². The number of halogens is 2. The quantitative estimate of drug-likeness (QED) is 0.607. The van der Waals surface area contributed by atoms with Crippen molar-refractivity contribution in [1.82, 2.24) is 0 Å². The molecule has 0 radical (unpaired) electrons. The molecule has 3 N–H and O–H groups in total. The highest BCUT2D eigenvalue weighted by Gasteiger charge is 2.24. The molecule has 0 aromatic heterocycles. The van der Waals surface area contributed by atoms with Gasteiger partial charge in [0.2, 0.25) is 0 Å². The first kappa shape index (κ1) is 20.4. The number of aliphatic hydroxyl groups excluding tert-OH is 3. The summed E-state index contributed by atoms with van der Waals surface area (Å²) in [6, 6.07) is 3.20. The largest absolute Gasteiger partial charge is 0.396 e. The van der Waals surface area contributed by atoms with E-state index in [4.69, 9.17) is 15.3 Å². The standard InChI is InChI=1S/C8H4Br2O2.C6H14O3/c9-7-2-8(10)6(4-12)1-5(7)3-11;1-2-6(3-7,4-8)5-9/h1-4H;7-9H,2-5H2,1H3. The SMILES string of the molecule is CCC(CO)(CO)CO.O=Cc1cc(C=O)c(Br)cc1Br. The van der Waals surface area contributed by atoms with Crippen LogP contribution in [0, 0.1) is 5.41 Å². The molecule has 0 fully saturated rings. The van der Waals surface area contributed by atoms with Gasteiger partial charge in [-0.25, -0.2) is 0 Å². The van der Waals surface area contributed by atoms with Crippen molar-refractivity contribution in [2.45, 2.75) is 13.3 Å². The zero-order valence-electron chi connectivity index (χ0n) is 11.6. The van der Waals surface area contributed by atoms with Gasteiger partial charge in [0.05, 0.1) is 19.8 Å². The second-order valence-corrected chi connectivity index (χ2v) is 6.17. The minimum Gasteiger partial charge on any atom is -0.396 e. The first-order valence-electron chi connectivity index (χ1n) is 6.15. The third-order valence-electron chi connectivity index (χ3n) is 3.13. The molecule has 5 nitrogen and oxygen atoms in total. The predicted molar refractivity (Wildman–Crippen MR) is 86.6 cm³/mol. The summed E-state index contributed by atoms with van der Waals surface area (Å²) in [6.07, 6.45) is 1.99. The van der Waals surface area contributed by atoms with Gasteiger partial charge in [-0.3, -0.25) is 9.59 Å². The van der Waals surface area contributed by atoms with Crippen LogP contribution in [0.2, 0.25) is 0 Å². The average molecular weight is 426 g/mol. The molecule has 0 aliphatic rings. The van der Waals surface area contributed by atoms with Crippen LogP contribution >= 0.6 is 31.9 Å². The zero-order chi connectivity index (χ0) is 16.5. The summed E-state index contributed by atoms with van der Waals surface area (Å²) in [4.78, 5) is 20.9. The number of hydrogen-bond donors (Lipinski definition) is 3. The van der Waals surface area contributed by atoms with Crippen LogP contribution in [0.4, 0.5) is 0 Å². The maximum atomic E-state index is 10.4. The second-order valence-electron chi connectivity index (χ2n) is 4.46. The lowest BCUT2D eigenvalue weighted by atomic mass is 9.88. The van der Waals surface area contributed by atoms with E-state index in [9.17, 15) is 9.59 Å². The third kappa shape index (κ3) is 5.96. The number of aliphatic hydroxyl groups is 3. The zero-order valence-corrected chi connectivity index (χ0v) is 14.7. The van der Waals surface area contributed by atoms with Crippen LogP contribution in [0.25, 0.3) is 0 Å². The van der Waals surface area contributed by atoms with Gasteiger partial charge in [-0.1, -0.05) is 38.8 Å². The lowest BCUT2D eigenvalue weighted by molar-refractivity contribution is 0.00304. The Morgan fingerprint density at radius 3 is 1.52 bits per heavy atom. The fraction of sp³-hybridized carbons (Fsp3) is 0.429. The molecule has 0 atom stereocenters. The number of benzene rings is 1. The number of carbonyl (C=O) groups is 2. The Kier molecular flexibility index (Phi) is 9.89. The van der Waals surface area contributed by atoms with E-state index in [1.807, 2.05) is 6.92 Å². The summed E-state index contributed by atoms with van der Waals surface area (Å²) in [5, 5.41) is 26.0. The maximum Gasteiger partial charge on any atom is 0.151 e. The summed E-state index contributed by atoms with van der Waals surface area (Å²) < 4.78 is 1.35. The first-order chi connectivity index (χ1) is 9.93. The molecule has 1 aromatic rings. The van der Waals surface area contributed by atoms with Crippen molar-refractivity contribution in [3.63, 3.8) is 0 Å². The van der Waals surface area contributed by atoms with Crippen LogP contribution in [0.3, 0.4) is 0 Å². The molecule has 7 heteroatoms. The minimum absolute atomic E-state index is 0.156. The fourth-order valence-corrected chi connectivity index (χ4v) is 2.43. The highest BCUT2D eigenvalue weighted by atomic mass is 79.9. The van der Waals surface area contributed by atoms with Gasteiger partial charge in [0, 0.05) is 25.5 Å². The fourth-order valence-electron chi connectivity index (χ4n) is 1.25. The summed E-state index contributed by atoms with van der Waals surface area (Å²) >= 11 is 6.39. The predicted octanol–water partition coefficient (Wildman–Crippen LogP) is 2.20.